The van der Waals surface area contributed by atoms with E-state index in [-0.39, 0.29) is 5.75 Å². The first kappa shape index (κ1) is 19.5. The van der Waals surface area contributed by atoms with Crippen LogP contribution in [0.3, 0.4) is 0 Å². The standard InChI is InChI=1S/C20H18F3N3O2/c1-12(28-15-6-7-16(22)17(23)11-15)20(27)25-18(19-24-8-9-26(19)2)13-4-3-5-14(21)10-13/h3-12,18H,1-2H3,(H,25,27). The third-order valence-electron chi connectivity index (χ3n) is 4.16. The number of ether oxygens (including phenoxy) is 1. The van der Waals surface area contributed by atoms with Crippen LogP contribution in [-0.2, 0) is 11.8 Å². The lowest BCUT2D eigenvalue weighted by Crippen LogP contribution is -2.39. The van der Waals surface area contributed by atoms with E-state index in [0.717, 1.165) is 12.1 Å². The van der Waals surface area contributed by atoms with Crippen molar-refractivity contribution in [1.82, 2.24) is 14.9 Å². The molecule has 0 aliphatic heterocycles. The number of hydrogen-bond acceptors (Lipinski definition) is 3. The highest BCUT2D eigenvalue weighted by atomic mass is 19.2. The van der Waals surface area contributed by atoms with Gasteiger partial charge in [-0.3, -0.25) is 4.79 Å². The Balaban J connectivity index is 1.80. The molecule has 0 aliphatic carbocycles. The fourth-order valence-corrected chi connectivity index (χ4v) is 2.71. The molecule has 8 heteroatoms. The maximum atomic E-state index is 13.7. The third kappa shape index (κ3) is 4.33. The average molecular weight is 389 g/mol. The Hall–Kier alpha value is -3.29. The average Bonchev–Trinajstić information content (AvgIpc) is 3.08. The number of aryl methyl sites for hydroxylation is 1. The van der Waals surface area contributed by atoms with Crippen LogP contribution < -0.4 is 10.1 Å². The summed E-state index contributed by atoms with van der Waals surface area (Å²) in [6, 6.07) is 8.10. The molecular weight excluding hydrogens is 371 g/mol. The van der Waals surface area contributed by atoms with Gasteiger partial charge in [0.15, 0.2) is 17.7 Å². The molecule has 3 rings (SSSR count). The summed E-state index contributed by atoms with van der Waals surface area (Å²) in [6.07, 6.45) is 2.26. The van der Waals surface area contributed by atoms with Crippen molar-refractivity contribution in [3.63, 3.8) is 0 Å². The largest absolute Gasteiger partial charge is 0.481 e. The first-order chi connectivity index (χ1) is 13.3. The summed E-state index contributed by atoms with van der Waals surface area (Å²) in [5, 5.41) is 2.77. The fraction of sp³-hybridized carbons (Fsp3) is 0.200. The summed E-state index contributed by atoms with van der Waals surface area (Å²) in [5.41, 5.74) is 0.502. The third-order valence-corrected chi connectivity index (χ3v) is 4.16. The Morgan fingerprint density at radius 2 is 1.93 bits per heavy atom. The molecule has 0 fully saturated rings. The number of aromatic nitrogens is 2. The smallest absolute Gasteiger partial charge is 0.261 e. The molecule has 0 radical (unpaired) electrons. The Bertz CT molecular complexity index is 990. The number of halogens is 3. The number of imidazole rings is 1. The van der Waals surface area contributed by atoms with Crippen molar-refractivity contribution in [3.05, 3.63) is 83.7 Å². The molecule has 2 aromatic carbocycles. The van der Waals surface area contributed by atoms with Crippen molar-refractivity contribution >= 4 is 5.91 Å². The molecule has 3 aromatic rings. The van der Waals surface area contributed by atoms with E-state index in [0.29, 0.717) is 11.4 Å². The summed E-state index contributed by atoms with van der Waals surface area (Å²) in [6.45, 7) is 1.47. The quantitative estimate of drug-likeness (QED) is 0.702. The second-order valence-electron chi connectivity index (χ2n) is 6.23. The minimum Gasteiger partial charge on any atom is -0.481 e. The van der Waals surface area contributed by atoms with Crippen LogP contribution in [0.2, 0.25) is 0 Å². The maximum absolute atomic E-state index is 13.7. The number of carbonyl (C=O) groups is 1. The van der Waals surface area contributed by atoms with Crippen LogP contribution in [0.1, 0.15) is 24.4 Å². The monoisotopic (exact) mass is 389 g/mol. The molecule has 0 saturated carbocycles. The minimum absolute atomic E-state index is 0.0147. The molecule has 1 heterocycles. The number of nitrogens with zero attached hydrogens (tertiary/aromatic N) is 2. The van der Waals surface area contributed by atoms with Crippen molar-refractivity contribution < 1.29 is 22.7 Å². The van der Waals surface area contributed by atoms with Gasteiger partial charge in [-0.05, 0) is 36.8 Å². The molecule has 146 valence electrons. The lowest BCUT2D eigenvalue weighted by molar-refractivity contribution is -0.127. The number of nitrogens with one attached hydrogen (secondary N) is 1. The van der Waals surface area contributed by atoms with Crippen molar-refractivity contribution in [3.8, 4) is 5.75 Å². The summed E-state index contributed by atoms with van der Waals surface area (Å²) in [5.74, 6) is -2.54. The maximum Gasteiger partial charge on any atom is 0.261 e. The summed E-state index contributed by atoms with van der Waals surface area (Å²) >= 11 is 0. The van der Waals surface area contributed by atoms with Crippen LogP contribution in [0.5, 0.6) is 5.75 Å². The molecule has 5 nitrogen and oxygen atoms in total. The molecular formula is C20H18F3N3O2. The van der Waals surface area contributed by atoms with Crippen molar-refractivity contribution in [2.75, 3.05) is 0 Å². The Morgan fingerprint density at radius 3 is 2.57 bits per heavy atom. The molecule has 2 atom stereocenters. The van der Waals surface area contributed by atoms with E-state index in [4.69, 9.17) is 4.74 Å². The molecule has 1 N–H and O–H groups in total. The van der Waals surface area contributed by atoms with Gasteiger partial charge in [-0.2, -0.15) is 0 Å². The Labute approximate surface area is 159 Å². The van der Waals surface area contributed by atoms with Gasteiger partial charge >= 0.3 is 0 Å². The van der Waals surface area contributed by atoms with Crippen LogP contribution in [0.4, 0.5) is 13.2 Å². The zero-order chi connectivity index (χ0) is 20.3. The predicted molar refractivity (Wildman–Crippen MR) is 96.0 cm³/mol. The van der Waals surface area contributed by atoms with Gasteiger partial charge in [-0.1, -0.05) is 12.1 Å². The summed E-state index contributed by atoms with van der Waals surface area (Å²) < 4.78 is 47.2. The predicted octanol–water partition coefficient (Wildman–Crippen LogP) is 3.51. The van der Waals surface area contributed by atoms with Crippen LogP contribution in [0.15, 0.2) is 54.9 Å². The zero-order valence-electron chi connectivity index (χ0n) is 15.2. The number of hydrogen-bond donors (Lipinski definition) is 1. The highest BCUT2D eigenvalue weighted by molar-refractivity contribution is 5.81. The van der Waals surface area contributed by atoms with Gasteiger partial charge in [-0.25, -0.2) is 18.2 Å². The van der Waals surface area contributed by atoms with E-state index in [1.807, 2.05) is 0 Å². The van der Waals surface area contributed by atoms with E-state index in [1.54, 1.807) is 30.1 Å². The number of rotatable bonds is 6. The van der Waals surface area contributed by atoms with Crippen LogP contribution >= 0.6 is 0 Å². The van der Waals surface area contributed by atoms with E-state index < -0.39 is 35.5 Å². The summed E-state index contributed by atoms with van der Waals surface area (Å²) in [7, 11) is 1.75. The molecule has 0 saturated heterocycles. The molecule has 2 unspecified atom stereocenters. The van der Waals surface area contributed by atoms with Crippen molar-refractivity contribution in [1.29, 1.82) is 0 Å². The van der Waals surface area contributed by atoms with E-state index in [9.17, 15) is 18.0 Å². The van der Waals surface area contributed by atoms with Crippen molar-refractivity contribution in [2.24, 2.45) is 7.05 Å². The van der Waals surface area contributed by atoms with Gasteiger partial charge < -0.3 is 14.6 Å². The molecule has 0 spiro atoms. The fourth-order valence-electron chi connectivity index (χ4n) is 2.71. The molecule has 1 aromatic heterocycles. The van der Waals surface area contributed by atoms with Crippen LogP contribution in [0, 0.1) is 17.5 Å². The second kappa shape index (κ2) is 8.16. The van der Waals surface area contributed by atoms with Gasteiger partial charge in [0, 0.05) is 25.5 Å². The van der Waals surface area contributed by atoms with E-state index >= 15 is 0 Å². The number of carbonyl (C=O) groups excluding carboxylic acids is 1. The zero-order valence-corrected chi connectivity index (χ0v) is 15.2. The van der Waals surface area contributed by atoms with Crippen molar-refractivity contribution in [2.45, 2.75) is 19.1 Å². The highest BCUT2D eigenvalue weighted by Crippen LogP contribution is 2.22. The SMILES string of the molecule is CC(Oc1ccc(F)c(F)c1)C(=O)NC(c1cccc(F)c1)c1nccn1C. The first-order valence-electron chi connectivity index (χ1n) is 8.50. The van der Waals surface area contributed by atoms with Gasteiger partial charge in [0.25, 0.3) is 5.91 Å². The summed E-state index contributed by atoms with van der Waals surface area (Å²) in [4.78, 5) is 16.9. The Kier molecular flexibility index (Phi) is 5.67. The van der Waals surface area contributed by atoms with Gasteiger partial charge in [-0.15, -0.1) is 0 Å². The molecule has 1 amide bonds. The lowest BCUT2D eigenvalue weighted by atomic mass is 10.1. The van der Waals surface area contributed by atoms with Gasteiger partial charge in [0.1, 0.15) is 23.4 Å². The van der Waals surface area contributed by atoms with Gasteiger partial charge in [0.05, 0.1) is 0 Å². The Morgan fingerprint density at radius 1 is 1.14 bits per heavy atom. The minimum atomic E-state index is -1.07. The first-order valence-corrected chi connectivity index (χ1v) is 8.50. The normalized spacial score (nSPS) is 13.0. The van der Waals surface area contributed by atoms with E-state index in [2.05, 4.69) is 10.3 Å². The lowest BCUT2D eigenvalue weighted by Gasteiger charge is -2.22. The molecule has 28 heavy (non-hydrogen) atoms. The van der Waals surface area contributed by atoms with Gasteiger partial charge in [0.2, 0.25) is 0 Å². The highest BCUT2D eigenvalue weighted by Gasteiger charge is 2.25. The van der Waals surface area contributed by atoms with Crippen LogP contribution in [0.25, 0.3) is 0 Å². The topological polar surface area (TPSA) is 56.1 Å². The number of amides is 1. The second-order valence-corrected chi connectivity index (χ2v) is 6.23. The molecule has 0 aliphatic rings. The van der Waals surface area contributed by atoms with E-state index in [1.165, 1.54) is 31.2 Å². The molecule has 0 bridgehead atoms. The van der Waals surface area contributed by atoms with Crippen LogP contribution in [-0.4, -0.2) is 21.6 Å². The number of benzene rings is 2.